The van der Waals surface area contributed by atoms with Crippen LogP contribution in [0.1, 0.15) is 5.56 Å². The first-order valence-electron chi connectivity index (χ1n) is 6.26. The van der Waals surface area contributed by atoms with Gasteiger partial charge in [0.25, 0.3) is 5.56 Å². The van der Waals surface area contributed by atoms with E-state index in [0.717, 1.165) is 19.4 Å². The van der Waals surface area contributed by atoms with Crippen LogP contribution in [0.2, 0.25) is 0 Å². The molecular weight excluding hydrogens is 428 g/mol. The van der Waals surface area contributed by atoms with Crippen LogP contribution in [0.15, 0.2) is 55.5 Å². The second-order valence-electron chi connectivity index (χ2n) is 4.55. The van der Waals surface area contributed by atoms with Crippen molar-refractivity contribution in [2.45, 2.75) is 0 Å². The number of aromatic amines is 1. The molecule has 0 saturated carbocycles. The first-order chi connectivity index (χ1) is 10.6. The molecule has 0 aliphatic heterocycles. The molecule has 22 heavy (non-hydrogen) atoms. The molecule has 2 aromatic heterocycles. The molecule has 3 aromatic rings. The first-order valence-corrected chi connectivity index (χ1v) is 8.73. The molecule has 0 aliphatic rings. The predicted molar refractivity (Wildman–Crippen MR) is 95.9 cm³/mol. The lowest BCUT2D eigenvalue weighted by atomic mass is 10.0. The molecule has 0 saturated heterocycles. The number of H-pyrrole nitrogens is 1. The zero-order chi connectivity index (χ0) is 15.7. The van der Waals surface area contributed by atoms with Crippen molar-refractivity contribution in [3.05, 3.63) is 66.6 Å². The van der Waals surface area contributed by atoms with Gasteiger partial charge in [-0.15, -0.1) is 11.3 Å². The molecule has 0 radical (unpaired) electrons. The summed E-state index contributed by atoms with van der Waals surface area (Å²) in [5.74, 6) is 0. The van der Waals surface area contributed by atoms with Gasteiger partial charge in [0.15, 0.2) is 0 Å². The Labute approximate surface area is 147 Å². The standard InChI is InChI=1S/C16H8Br2N2OS/c17-10-3-1-9(2-4-10)14-6-12(13(7-19)16(21)20-14)15-5-11(18)8-22-15/h1-6,8H,(H,20,21). The van der Waals surface area contributed by atoms with Crippen molar-refractivity contribution < 1.29 is 0 Å². The lowest BCUT2D eigenvalue weighted by molar-refractivity contribution is 1.22. The van der Waals surface area contributed by atoms with Crippen molar-refractivity contribution in [1.29, 1.82) is 5.26 Å². The van der Waals surface area contributed by atoms with E-state index in [1.807, 2.05) is 47.8 Å². The number of nitriles is 1. The van der Waals surface area contributed by atoms with E-state index in [9.17, 15) is 10.1 Å². The molecule has 6 heteroatoms. The van der Waals surface area contributed by atoms with Crippen LogP contribution in [0.4, 0.5) is 0 Å². The van der Waals surface area contributed by atoms with Crippen LogP contribution in [0.3, 0.4) is 0 Å². The topological polar surface area (TPSA) is 56.6 Å². The van der Waals surface area contributed by atoms with Crippen LogP contribution >= 0.6 is 43.2 Å². The Morgan fingerprint density at radius 1 is 1.09 bits per heavy atom. The summed E-state index contributed by atoms with van der Waals surface area (Å²) in [5, 5.41) is 11.2. The number of aromatic nitrogens is 1. The van der Waals surface area contributed by atoms with Crippen LogP contribution in [-0.4, -0.2) is 4.98 Å². The fourth-order valence-corrected chi connectivity index (χ4v) is 3.82. The lowest BCUT2D eigenvalue weighted by Crippen LogP contribution is -2.12. The third kappa shape index (κ3) is 2.93. The fraction of sp³-hybridized carbons (Fsp3) is 0. The molecule has 3 rings (SSSR count). The third-order valence-electron chi connectivity index (χ3n) is 3.13. The third-order valence-corrected chi connectivity index (χ3v) is 5.39. The number of benzene rings is 1. The molecule has 0 unspecified atom stereocenters. The molecule has 1 N–H and O–H groups in total. The molecule has 2 heterocycles. The molecule has 0 aliphatic carbocycles. The van der Waals surface area contributed by atoms with Gasteiger partial charge in [0.2, 0.25) is 0 Å². The van der Waals surface area contributed by atoms with Gasteiger partial charge in [-0.2, -0.15) is 5.26 Å². The second-order valence-corrected chi connectivity index (χ2v) is 7.29. The first kappa shape index (κ1) is 15.2. The Hall–Kier alpha value is -1.68. The molecule has 1 aromatic carbocycles. The number of hydrogen-bond acceptors (Lipinski definition) is 3. The smallest absolute Gasteiger partial charge is 0.267 e. The zero-order valence-corrected chi connectivity index (χ0v) is 15.0. The van der Waals surface area contributed by atoms with E-state index in [2.05, 4.69) is 36.8 Å². The fourth-order valence-electron chi connectivity index (χ4n) is 2.10. The van der Waals surface area contributed by atoms with Gasteiger partial charge < -0.3 is 4.98 Å². The molecular formula is C16H8Br2N2OS. The van der Waals surface area contributed by atoms with Crippen molar-refractivity contribution in [3.8, 4) is 27.8 Å². The number of halogens is 2. The van der Waals surface area contributed by atoms with Crippen molar-refractivity contribution in [2.75, 3.05) is 0 Å². The molecule has 0 fully saturated rings. The molecule has 3 nitrogen and oxygen atoms in total. The van der Waals surface area contributed by atoms with Crippen molar-refractivity contribution >= 4 is 43.2 Å². The van der Waals surface area contributed by atoms with E-state index in [1.165, 1.54) is 11.3 Å². The highest BCUT2D eigenvalue weighted by molar-refractivity contribution is 9.10. The summed E-state index contributed by atoms with van der Waals surface area (Å²) in [6.45, 7) is 0. The molecule has 0 atom stereocenters. The summed E-state index contributed by atoms with van der Waals surface area (Å²) in [6.07, 6.45) is 0. The number of nitrogens with one attached hydrogen (secondary N) is 1. The Bertz CT molecular complexity index is 936. The van der Waals surface area contributed by atoms with Gasteiger partial charge in [0.1, 0.15) is 11.6 Å². The maximum absolute atomic E-state index is 12.2. The number of hydrogen-bond donors (Lipinski definition) is 1. The Kier molecular flexibility index (Phi) is 4.30. The van der Waals surface area contributed by atoms with Gasteiger partial charge in [-0.25, -0.2) is 0 Å². The minimum Gasteiger partial charge on any atom is -0.321 e. The van der Waals surface area contributed by atoms with Crippen LogP contribution in [0, 0.1) is 11.3 Å². The second kappa shape index (κ2) is 6.21. The van der Waals surface area contributed by atoms with Crippen molar-refractivity contribution in [1.82, 2.24) is 4.98 Å². The number of thiophene rings is 1. The summed E-state index contributed by atoms with van der Waals surface area (Å²) in [5.41, 5.74) is 2.00. The number of nitrogens with zero attached hydrogens (tertiary/aromatic N) is 1. The number of rotatable bonds is 2. The summed E-state index contributed by atoms with van der Waals surface area (Å²) >= 11 is 8.28. The minimum absolute atomic E-state index is 0.134. The average molecular weight is 436 g/mol. The summed E-state index contributed by atoms with van der Waals surface area (Å²) < 4.78 is 1.90. The normalized spacial score (nSPS) is 10.4. The van der Waals surface area contributed by atoms with E-state index in [4.69, 9.17) is 0 Å². The zero-order valence-electron chi connectivity index (χ0n) is 11.1. The van der Waals surface area contributed by atoms with E-state index < -0.39 is 0 Å². The van der Waals surface area contributed by atoms with Crippen LogP contribution in [0.5, 0.6) is 0 Å². The summed E-state index contributed by atoms with van der Waals surface area (Å²) in [7, 11) is 0. The van der Waals surface area contributed by atoms with Crippen molar-refractivity contribution in [3.63, 3.8) is 0 Å². The van der Waals surface area contributed by atoms with Crippen LogP contribution in [0.25, 0.3) is 21.7 Å². The lowest BCUT2D eigenvalue weighted by Gasteiger charge is -2.06. The minimum atomic E-state index is -0.373. The molecule has 0 amide bonds. The number of pyridine rings is 1. The quantitative estimate of drug-likeness (QED) is 0.603. The predicted octanol–water partition coefficient (Wildman–Crippen LogP) is 5.17. The maximum Gasteiger partial charge on any atom is 0.267 e. The van der Waals surface area contributed by atoms with E-state index in [-0.39, 0.29) is 11.1 Å². The van der Waals surface area contributed by atoms with Crippen molar-refractivity contribution in [2.24, 2.45) is 0 Å². The van der Waals surface area contributed by atoms with E-state index in [1.54, 1.807) is 0 Å². The summed E-state index contributed by atoms with van der Waals surface area (Å²) in [4.78, 5) is 15.9. The molecule has 0 spiro atoms. The monoisotopic (exact) mass is 434 g/mol. The van der Waals surface area contributed by atoms with E-state index in [0.29, 0.717) is 11.3 Å². The Balaban J connectivity index is 2.23. The molecule has 108 valence electrons. The average Bonchev–Trinajstić information content (AvgIpc) is 2.93. The van der Waals surface area contributed by atoms with Crippen LogP contribution in [-0.2, 0) is 0 Å². The van der Waals surface area contributed by atoms with Crippen LogP contribution < -0.4 is 5.56 Å². The van der Waals surface area contributed by atoms with Gasteiger partial charge >= 0.3 is 0 Å². The van der Waals surface area contributed by atoms with Gasteiger partial charge in [-0.3, -0.25) is 4.79 Å². The van der Waals surface area contributed by atoms with Gasteiger partial charge in [-0.1, -0.05) is 28.1 Å². The highest BCUT2D eigenvalue weighted by Gasteiger charge is 2.14. The largest absolute Gasteiger partial charge is 0.321 e. The SMILES string of the molecule is N#Cc1c(-c2cc(Br)cs2)cc(-c2ccc(Br)cc2)[nH]c1=O. The Morgan fingerprint density at radius 3 is 2.41 bits per heavy atom. The highest BCUT2D eigenvalue weighted by atomic mass is 79.9. The Morgan fingerprint density at radius 2 is 1.82 bits per heavy atom. The maximum atomic E-state index is 12.2. The highest BCUT2D eigenvalue weighted by Crippen LogP contribution is 2.33. The van der Waals surface area contributed by atoms with Gasteiger partial charge in [0, 0.05) is 30.5 Å². The van der Waals surface area contributed by atoms with Gasteiger partial charge in [0.05, 0.1) is 0 Å². The van der Waals surface area contributed by atoms with E-state index >= 15 is 0 Å². The summed E-state index contributed by atoms with van der Waals surface area (Å²) in [6, 6.07) is 13.4. The molecule has 0 bridgehead atoms. The van der Waals surface area contributed by atoms with Gasteiger partial charge in [-0.05, 0) is 45.8 Å².